The van der Waals surface area contributed by atoms with E-state index in [9.17, 15) is 5.26 Å². The van der Waals surface area contributed by atoms with Crippen LogP contribution in [0.15, 0.2) is 182 Å². The first-order chi connectivity index (χ1) is 31.9. The molecule has 6 nitrogen and oxygen atoms in total. The summed E-state index contributed by atoms with van der Waals surface area (Å²) in [4.78, 5) is 15.4. The summed E-state index contributed by atoms with van der Waals surface area (Å²) in [5, 5.41) is 15.2. The van der Waals surface area contributed by atoms with E-state index in [1.54, 1.807) is 0 Å². The molecule has 0 saturated heterocycles. The van der Waals surface area contributed by atoms with Gasteiger partial charge >= 0.3 is 0 Å². The van der Waals surface area contributed by atoms with E-state index in [1.807, 2.05) is 72.8 Å². The summed E-state index contributed by atoms with van der Waals surface area (Å²) in [5.41, 5.74) is 13.9. The van der Waals surface area contributed by atoms with Crippen LogP contribution in [0.5, 0.6) is 0 Å². The van der Waals surface area contributed by atoms with Gasteiger partial charge in [-0.25, -0.2) is 15.0 Å². The van der Waals surface area contributed by atoms with Crippen molar-refractivity contribution in [2.75, 3.05) is 0 Å². The molecule has 66 heavy (non-hydrogen) atoms. The number of para-hydroxylation sites is 2. The number of nitrogens with zero attached hydrogens (tertiary/aromatic N) is 6. The number of benzene rings is 8. The summed E-state index contributed by atoms with van der Waals surface area (Å²) < 4.78 is 4.74. The van der Waals surface area contributed by atoms with Crippen LogP contribution in [0.2, 0.25) is 0 Å². The van der Waals surface area contributed by atoms with Gasteiger partial charge < -0.3 is 9.13 Å². The minimum Gasteiger partial charge on any atom is -0.309 e. The predicted octanol–water partition coefficient (Wildman–Crippen LogP) is 15.2. The summed E-state index contributed by atoms with van der Waals surface area (Å²) in [7, 11) is 0. The van der Waals surface area contributed by atoms with Gasteiger partial charge in [0.15, 0.2) is 17.5 Å². The molecule has 0 aliphatic heterocycles. The maximum atomic E-state index is 10.5. The topological polar surface area (TPSA) is 72.3 Å². The van der Waals surface area contributed by atoms with Crippen LogP contribution in [0.4, 0.5) is 0 Å². The summed E-state index contributed by atoms with van der Waals surface area (Å²) in [6, 6.07) is 66.4. The summed E-state index contributed by atoms with van der Waals surface area (Å²) >= 11 is 0. The van der Waals surface area contributed by atoms with E-state index in [-0.39, 0.29) is 10.8 Å². The zero-order chi connectivity index (χ0) is 45.3. The van der Waals surface area contributed by atoms with Crippen LogP contribution in [0.25, 0.3) is 100 Å². The smallest absolute Gasteiger partial charge is 0.164 e. The molecule has 0 spiro atoms. The second-order valence-corrected chi connectivity index (χ2v) is 19.3. The first kappa shape index (κ1) is 40.6. The van der Waals surface area contributed by atoms with Crippen molar-refractivity contribution >= 4 is 43.6 Å². The molecule has 11 rings (SSSR count). The molecule has 0 radical (unpaired) electrons. The van der Waals surface area contributed by atoms with Gasteiger partial charge in [0.1, 0.15) is 0 Å². The van der Waals surface area contributed by atoms with Gasteiger partial charge in [0.05, 0.1) is 45.1 Å². The van der Waals surface area contributed by atoms with Crippen LogP contribution in [0.1, 0.15) is 58.2 Å². The number of rotatable bonds is 6. The Morgan fingerprint density at radius 3 is 1.26 bits per heavy atom. The van der Waals surface area contributed by atoms with Crippen molar-refractivity contribution in [3.8, 4) is 62.7 Å². The SMILES string of the molecule is CC(C)(C)c1ccc2c(c1)c1ccccc1n2-c1cc(C#N)ccc1-c1ccc(-c2nc(-c3ccccc3)nc(-c3ccccc3)n2)cc1-n1c2ccccc2c2cc(C(C)(C)C)ccc21. The van der Waals surface area contributed by atoms with Crippen LogP contribution in [-0.4, -0.2) is 24.1 Å². The third kappa shape index (κ3) is 6.92. The van der Waals surface area contributed by atoms with Gasteiger partial charge in [-0.05, 0) is 76.6 Å². The summed E-state index contributed by atoms with van der Waals surface area (Å²) in [5.74, 6) is 1.78. The number of fused-ring (bicyclic) bond motifs is 6. The van der Waals surface area contributed by atoms with Crippen LogP contribution >= 0.6 is 0 Å². The molecule has 3 heterocycles. The highest BCUT2D eigenvalue weighted by molar-refractivity contribution is 6.12. The van der Waals surface area contributed by atoms with Crippen LogP contribution in [0, 0.1) is 11.3 Å². The first-order valence-corrected chi connectivity index (χ1v) is 22.6. The highest BCUT2D eigenvalue weighted by Crippen LogP contribution is 2.44. The normalized spacial score (nSPS) is 12.1. The predicted molar refractivity (Wildman–Crippen MR) is 272 cm³/mol. The van der Waals surface area contributed by atoms with Gasteiger partial charge in [-0.3, -0.25) is 0 Å². The third-order valence-electron chi connectivity index (χ3n) is 12.9. The zero-order valence-electron chi connectivity index (χ0n) is 38.0. The van der Waals surface area contributed by atoms with Crippen molar-refractivity contribution in [1.82, 2.24) is 24.1 Å². The molecular weight excluding hydrogens is 805 g/mol. The molecule has 0 bridgehead atoms. The Hall–Kier alpha value is -8.14. The quantitative estimate of drug-likeness (QED) is 0.167. The molecule has 0 aliphatic rings. The van der Waals surface area contributed by atoms with E-state index in [0.717, 1.165) is 66.6 Å². The fourth-order valence-corrected chi connectivity index (χ4v) is 9.43. The van der Waals surface area contributed by atoms with Crippen molar-refractivity contribution < 1.29 is 0 Å². The lowest BCUT2D eigenvalue weighted by Gasteiger charge is -2.21. The summed E-state index contributed by atoms with van der Waals surface area (Å²) in [6.45, 7) is 13.6. The van der Waals surface area contributed by atoms with Crippen LogP contribution in [-0.2, 0) is 10.8 Å². The highest BCUT2D eigenvalue weighted by atomic mass is 15.0. The number of aromatic nitrogens is 5. The molecule has 8 aromatic carbocycles. The van der Waals surface area contributed by atoms with Gasteiger partial charge in [-0.1, -0.05) is 169 Å². The Morgan fingerprint density at radius 2 is 0.788 bits per heavy atom. The maximum Gasteiger partial charge on any atom is 0.164 e. The number of nitriles is 1. The lowest BCUT2D eigenvalue weighted by atomic mass is 9.86. The first-order valence-electron chi connectivity index (χ1n) is 22.6. The summed E-state index contributed by atoms with van der Waals surface area (Å²) in [6.07, 6.45) is 0. The molecule has 3 aromatic heterocycles. The molecule has 0 saturated carbocycles. The monoisotopic (exact) mass is 852 g/mol. The maximum absolute atomic E-state index is 10.5. The van der Waals surface area contributed by atoms with Crippen molar-refractivity contribution in [3.63, 3.8) is 0 Å². The van der Waals surface area contributed by atoms with E-state index >= 15 is 0 Å². The van der Waals surface area contributed by atoms with Crippen molar-refractivity contribution in [2.45, 2.75) is 52.4 Å². The Morgan fingerprint density at radius 1 is 0.379 bits per heavy atom. The van der Waals surface area contributed by atoms with E-state index in [4.69, 9.17) is 15.0 Å². The van der Waals surface area contributed by atoms with Crippen molar-refractivity contribution in [1.29, 1.82) is 5.26 Å². The fourth-order valence-electron chi connectivity index (χ4n) is 9.43. The van der Waals surface area contributed by atoms with E-state index in [1.165, 1.54) is 27.3 Å². The number of hydrogen-bond acceptors (Lipinski definition) is 4. The van der Waals surface area contributed by atoms with Gasteiger partial charge in [-0.15, -0.1) is 0 Å². The Balaban J connectivity index is 1.23. The lowest BCUT2D eigenvalue weighted by Crippen LogP contribution is -2.10. The standard InChI is InChI=1S/C60H48N6/c1-59(2,3)42-27-31-52-48(35-42)44-21-13-15-23-50(44)65(52)54-33-38(37-61)25-29-46(54)47-30-26-41(58-63-56(39-17-9-7-10-18-39)62-57(64-58)40-19-11-8-12-20-40)34-55(47)66-51-24-16-14-22-45(51)49-36-43(60(4,5)6)28-32-53(49)66/h7-36H,1-6H3. The molecule has 318 valence electrons. The van der Waals surface area contributed by atoms with E-state index in [0.29, 0.717) is 23.0 Å². The molecule has 0 N–H and O–H groups in total. The minimum absolute atomic E-state index is 0.0296. The second kappa shape index (κ2) is 15.5. The van der Waals surface area contributed by atoms with Crippen LogP contribution < -0.4 is 0 Å². The van der Waals surface area contributed by atoms with Crippen molar-refractivity contribution in [2.24, 2.45) is 0 Å². The van der Waals surface area contributed by atoms with E-state index in [2.05, 4.69) is 166 Å². The number of hydrogen-bond donors (Lipinski definition) is 0. The average molecular weight is 853 g/mol. The lowest BCUT2D eigenvalue weighted by molar-refractivity contribution is 0.591. The van der Waals surface area contributed by atoms with Crippen LogP contribution in [0.3, 0.4) is 0 Å². The van der Waals surface area contributed by atoms with Gasteiger partial charge in [0, 0.05) is 49.4 Å². The molecule has 0 unspecified atom stereocenters. The molecule has 0 aliphatic carbocycles. The molecule has 0 amide bonds. The molecule has 6 heteroatoms. The zero-order valence-corrected chi connectivity index (χ0v) is 38.0. The third-order valence-corrected chi connectivity index (χ3v) is 12.9. The molecule has 0 fully saturated rings. The Labute approximate surface area is 385 Å². The molecule has 11 aromatic rings. The van der Waals surface area contributed by atoms with E-state index < -0.39 is 0 Å². The largest absolute Gasteiger partial charge is 0.309 e. The van der Waals surface area contributed by atoms with Crippen molar-refractivity contribution in [3.05, 3.63) is 199 Å². The molecular formula is C60H48N6. The minimum atomic E-state index is -0.0403. The molecule has 0 atom stereocenters. The fraction of sp³-hybridized carbons (Fsp3) is 0.133. The average Bonchev–Trinajstić information content (AvgIpc) is 3.85. The second-order valence-electron chi connectivity index (χ2n) is 19.3. The van der Waals surface area contributed by atoms with Gasteiger partial charge in [0.25, 0.3) is 0 Å². The highest BCUT2D eigenvalue weighted by Gasteiger charge is 2.25. The van der Waals surface area contributed by atoms with Gasteiger partial charge in [0.2, 0.25) is 0 Å². The Bertz CT molecular complexity index is 3670. The van der Waals surface area contributed by atoms with Gasteiger partial charge in [-0.2, -0.15) is 5.26 Å². The Kier molecular flexibility index (Phi) is 9.56.